The van der Waals surface area contributed by atoms with E-state index in [0.717, 1.165) is 12.1 Å². The number of carbonyl (C=O) groups is 2. The average molecular weight is 453 g/mol. The fourth-order valence-corrected chi connectivity index (χ4v) is 3.03. The summed E-state index contributed by atoms with van der Waals surface area (Å²) < 4.78 is 38.9. The van der Waals surface area contributed by atoms with Gasteiger partial charge in [0.2, 0.25) is 11.8 Å². The molecule has 164 valence electrons. The van der Waals surface area contributed by atoms with Gasteiger partial charge in [-0.15, -0.1) is 0 Å². The summed E-state index contributed by atoms with van der Waals surface area (Å²) in [5.74, 6) is -0.906. The van der Waals surface area contributed by atoms with E-state index in [1.165, 1.54) is 22.9 Å². The van der Waals surface area contributed by atoms with Gasteiger partial charge in [0.05, 0.1) is 36.2 Å². The number of hydrogen-bond donors (Lipinski definition) is 1. The zero-order valence-corrected chi connectivity index (χ0v) is 17.4. The first-order valence-corrected chi connectivity index (χ1v) is 9.57. The number of rotatable bonds is 8. The summed E-state index contributed by atoms with van der Waals surface area (Å²) in [7, 11) is 1.54. The van der Waals surface area contributed by atoms with Crippen LogP contribution in [0, 0.1) is 11.3 Å². The maximum absolute atomic E-state index is 13.0. The first-order chi connectivity index (χ1) is 14.6. The molecule has 0 heterocycles. The Kier molecular flexibility index (Phi) is 8.42. The first-order valence-electron chi connectivity index (χ1n) is 9.19. The number of alkyl halides is 3. The van der Waals surface area contributed by atoms with Crippen LogP contribution in [0.5, 0.6) is 0 Å². The molecule has 0 aliphatic carbocycles. The number of para-hydroxylation sites is 1. The number of amides is 2. The number of nitrogens with one attached hydrogen (secondary N) is 1. The van der Waals surface area contributed by atoms with Crippen LogP contribution in [-0.4, -0.2) is 43.4 Å². The molecule has 0 aromatic heterocycles. The molecule has 0 aliphatic heterocycles. The van der Waals surface area contributed by atoms with Gasteiger partial charge in [0, 0.05) is 17.9 Å². The highest BCUT2D eigenvalue weighted by atomic mass is 35.5. The predicted molar refractivity (Wildman–Crippen MR) is 112 cm³/mol. The highest BCUT2D eigenvalue weighted by molar-refractivity contribution is 6.31. The van der Waals surface area contributed by atoms with E-state index in [1.54, 1.807) is 30.3 Å². The van der Waals surface area contributed by atoms with Gasteiger partial charge in [0.15, 0.2) is 0 Å². The molecule has 0 spiro atoms. The molecule has 0 unspecified atom stereocenters. The highest BCUT2D eigenvalue weighted by Gasteiger charge is 2.33. The SMILES string of the molecule is CN(CC(=O)Nc1ccc(Cl)c(C(F)(F)F)c1)CC(=O)N(CCC#N)c1ccccc1. The van der Waals surface area contributed by atoms with Crippen LogP contribution in [0.15, 0.2) is 48.5 Å². The quantitative estimate of drug-likeness (QED) is 0.652. The molecule has 0 bridgehead atoms. The Bertz CT molecular complexity index is 961. The van der Waals surface area contributed by atoms with Crippen molar-refractivity contribution in [2.45, 2.75) is 12.6 Å². The minimum atomic E-state index is -4.65. The largest absolute Gasteiger partial charge is 0.417 e. The molecule has 0 saturated heterocycles. The minimum Gasteiger partial charge on any atom is -0.325 e. The lowest BCUT2D eigenvalue weighted by Crippen LogP contribution is -2.42. The smallest absolute Gasteiger partial charge is 0.325 e. The highest BCUT2D eigenvalue weighted by Crippen LogP contribution is 2.36. The van der Waals surface area contributed by atoms with Gasteiger partial charge in [-0.05, 0) is 37.4 Å². The molecule has 2 aromatic carbocycles. The molecule has 2 aromatic rings. The second kappa shape index (κ2) is 10.8. The van der Waals surface area contributed by atoms with Crippen LogP contribution in [0.3, 0.4) is 0 Å². The Hall–Kier alpha value is -3.09. The van der Waals surface area contributed by atoms with Crippen LogP contribution >= 0.6 is 11.6 Å². The molecule has 0 aliphatic rings. The van der Waals surface area contributed by atoms with Crippen LogP contribution in [0.2, 0.25) is 5.02 Å². The molecular weight excluding hydrogens is 433 g/mol. The number of halogens is 4. The summed E-state index contributed by atoms with van der Waals surface area (Å²) in [6.45, 7) is -0.150. The Morgan fingerprint density at radius 1 is 1.13 bits per heavy atom. The van der Waals surface area contributed by atoms with E-state index in [-0.39, 0.29) is 37.6 Å². The zero-order valence-electron chi connectivity index (χ0n) is 16.6. The van der Waals surface area contributed by atoms with Crippen LogP contribution in [0.1, 0.15) is 12.0 Å². The van der Waals surface area contributed by atoms with Crippen LogP contribution in [0.4, 0.5) is 24.5 Å². The lowest BCUT2D eigenvalue weighted by Gasteiger charge is -2.24. The van der Waals surface area contributed by atoms with E-state index in [2.05, 4.69) is 5.32 Å². The third-order valence-corrected chi connectivity index (χ3v) is 4.52. The van der Waals surface area contributed by atoms with Crippen molar-refractivity contribution < 1.29 is 22.8 Å². The minimum absolute atomic E-state index is 0.0543. The number of carbonyl (C=O) groups excluding carboxylic acids is 2. The third-order valence-electron chi connectivity index (χ3n) is 4.19. The van der Waals surface area contributed by atoms with E-state index < -0.39 is 22.7 Å². The number of nitriles is 1. The topological polar surface area (TPSA) is 76.4 Å². The molecule has 31 heavy (non-hydrogen) atoms. The van der Waals surface area contributed by atoms with E-state index in [4.69, 9.17) is 16.9 Å². The lowest BCUT2D eigenvalue weighted by atomic mass is 10.2. The van der Waals surface area contributed by atoms with Crippen molar-refractivity contribution in [2.75, 3.05) is 36.9 Å². The van der Waals surface area contributed by atoms with Gasteiger partial charge in [0.1, 0.15) is 0 Å². The van der Waals surface area contributed by atoms with Crippen molar-refractivity contribution in [3.8, 4) is 6.07 Å². The van der Waals surface area contributed by atoms with E-state index in [0.29, 0.717) is 5.69 Å². The van der Waals surface area contributed by atoms with Crippen molar-refractivity contribution in [3.05, 3.63) is 59.1 Å². The van der Waals surface area contributed by atoms with Crippen molar-refractivity contribution in [3.63, 3.8) is 0 Å². The number of likely N-dealkylation sites (N-methyl/N-ethyl adjacent to an activating group) is 1. The van der Waals surface area contributed by atoms with E-state index in [1.807, 2.05) is 6.07 Å². The summed E-state index contributed by atoms with van der Waals surface area (Å²) in [4.78, 5) is 27.8. The Balaban J connectivity index is 1.99. The second-order valence-corrected chi connectivity index (χ2v) is 7.11. The van der Waals surface area contributed by atoms with Crippen molar-refractivity contribution >= 4 is 34.8 Å². The molecule has 2 amide bonds. The van der Waals surface area contributed by atoms with Gasteiger partial charge in [-0.2, -0.15) is 18.4 Å². The zero-order chi connectivity index (χ0) is 23.0. The number of hydrogen-bond acceptors (Lipinski definition) is 4. The summed E-state index contributed by atoms with van der Waals surface area (Å²) >= 11 is 5.57. The maximum atomic E-state index is 13.0. The van der Waals surface area contributed by atoms with Gasteiger partial charge >= 0.3 is 6.18 Å². The molecule has 0 saturated carbocycles. The fourth-order valence-electron chi connectivity index (χ4n) is 2.81. The molecule has 0 atom stereocenters. The van der Waals surface area contributed by atoms with Gasteiger partial charge in [-0.1, -0.05) is 29.8 Å². The third kappa shape index (κ3) is 7.27. The standard InChI is InChI=1S/C21H20ClF3N4O2/c1-28(14-20(31)29(11-5-10-26)16-6-3-2-4-7-16)13-19(30)27-15-8-9-18(22)17(12-15)21(23,24)25/h2-4,6-9,12H,5,11,13-14H2,1H3,(H,27,30). The molecular formula is C21H20ClF3N4O2. The first kappa shape index (κ1) is 24.2. The molecule has 10 heteroatoms. The molecule has 1 N–H and O–H groups in total. The van der Waals surface area contributed by atoms with Crippen LogP contribution in [0.25, 0.3) is 0 Å². The van der Waals surface area contributed by atoms with Crippen molar-refractivity contribution in [1.29, 1.82) is 5.26 Å². The Morgan fingerprint density at radius 2 is 1.81 bits per heavy atom. The van der Waals surface area contributed by atoms with Gasteiger partial charge < -0.3 is 10.2 Å². The monoisotopic (exact) mass is 452 g/mol. The van der Waals surface area contributed by atoms with Gasteiger partial charge in [-0.25, -0.2) is 0 Å². The summed E-state index contributed by atoms with van der Waals surface area (Å²) in [6.07, 6.45) is -4.51. The number of benzene rings is 2. The predicted octanol–water partition coefficient (Wildman–Crippen LogP) is 4.18. The van der Waals surface area contributed by atoms with Crippen molar-refractivity contribution in [2.24, 2.45) is 0 Å². The second-order valence-electron chi connectivity index (χ2n) is 6.70. The molecule has 6 nitrogen and oxygen atoms in total. The van der Waals surface area contributed by atoms with Crippen LogP contribution < -0.4 is 10.2 Å². The summed E-state index contributed by atoms with van der Waals surface area (Å²) in [5.41, 5.74) is -0.477. The van der Waals surface area contributed by atoms with Crippen molar-refractivity contribution in [1.82, 2.24) is 4.90 Å². The Morgan fingerprint density at radius 3 is 2.42 bits per heavy atom. The lowest BCUT2D eigenvalue weighted by molar-refractivity contribution is -0.137. The number of nitrogens with zero attached hydrogens (tertiary/aromatic N) is 3. The summed E-state index contributed by atoms with van der Waals surface area (Å²) in [6, 6.07) is 13.9. The maximum Gasteiger partial charge on any atom is 0.417 e. The molecule has 2 rings (SSSR count). The number of anilines is 2. The van der Waals surface area contributed by atoms with E-state index >= 15 is 0 Å². The van der Waals surface area contributed by atoms with Gasteiger partial charge in [0.25, 0.3) is 0 Å². The normalized spacial score (nSPS) is 11.1. The van der Waals surface area contributed by atoms with E-state index in [9.17, 15) is 22.8 Å². The average Bonchev–Trinajstić information content (AvgIpc) is 2.69. The Labute approximate surface area is 182 Å². The molecule has 0 radical (unpaired) electrons. The van der Waals surface area contributed by atoms with Gasteiger partial charge in [-0.3, -0.25) is 14.5 Å². The summed E-state index contributed by atoms with van der Waals surface area (Å²) in [5, 5.41) is 10.7. The fraction of sp³-hybridized carbons (Fsp3) is 0.286. The van der Waals surface area contributed by atoms with Crippen LogP contribution in [-0.2, 0) is 15.8 Å². The molecule has 0 fully saturated rings.